The molecule has 0 saturated carbocycles. The van der Waals surface area contributed by atoms with Crippen molar-refractivity contribution < 1.29 is 29.7 Å². The molecule has 1 aliphatic rings. The molecule has 0 radical (unpaired) electrons. The predicted molar refractivity (Wildman–Crippen MR) is 137 cm³/mol. The molecule has 0 bridgehead atoms. The lowest BCUT2D eigenvalue weighted by Crippen LogP contribution is -2.59. The van der Waals surface area contributed by atoms with Crippen LogP contribution in [-0.4, -0.2) is 121 Å². The van der Waals surface area contributed by atoms with Crippen molar-refractivity contribution in [3.8, 4) is 0 Å². The molecule has 1 rings (SSSR count). The number of β-amino-alcohol motifs (C(OH)–C–C–N with tert-alkyl or cyclic N) is 3. The molecule has 0 aromatic carbocycles. The minimum atomic E-state index is -1.21. The smallest absolute Gasteiger partial charge is 0.163 e. The van der Waals surface area contributed by atoms with Crippen LogP contribution in [-0.2, 0) is 14.4 Å². The molecule has 1 heterocycles. The summed E-state index contributed by atoms with van der Waals surface area (Å²) in [7, 11) is 0. The molecule has 192 valence electrons. The van der Waals surface area contributed by atoms with E-state index in [1.807, 2.05) is 0 Å². The van der Waals surface area contributed by atoms with Crippen LogP contribution in [0.1, 0.15) is 40.0 Å². The van der Waals surface area contributed by atoms with E-state index in [0.717, 1.165) is 0 Å². The first kappa shape index (κ1) is 30.9. The number of nitrogens with zero attached hydrogens (tertiary/aromatic N) is 3. The Morgan fingerprint density at radius 1 is 0.606 bits per heavy atom. The van der Waals surface area contributed by atoms with Gasteiger partial charge in [0.2, 0.25) is 0 Å². The molecule has 0 aliphatic carbocycles. The number of hydrogen-bond acceptors (Lipinski definition) is 12. The number of hydrogen-bond donors (Lipinski definition) is 6. The third kappa shape index (κ3) is 12.4. The van der Waals surface area contributed by atoms with Crippen LogP contribution in [0, 0.1) is 0 Å². The zero-order chi connectivity index (χ0) is 25.3. The molecule has 0 aromatic rings. The van der Waals surface area contributed by atoms with Crippen LogP contribution in [0.5, 0.6) is 0 Å². The Morgan fingerprint density at radius 3 is 1.00 bits per heavy atom. The van der Waals surface area contributed by atoms with Gasteiger partial charge in [0.05, 0.1) is 20.0 Å². The van der Waals surface area contributed by atoms with Crippen LogP contribution in [0.3, 0.4) is 0 Å². The van der Waals surface area contributed by atoms with Crippen molar-refractivity contribution >= 4 is 55.2 Å². The van der Waals surface area contributed by atoms with Crippen molar-refractivity contribution in [3.05, 3.63) is 0 Å². The minimum absolute atomic E-state index is 0.0434. The SMILES string of the molecule is CC(S)CC(=O)C(O)CN1CN(CC(O)C(=O)CC(C)S)CN(CC(O)C(=O)CC(C)S)C1. The molecule has 6 atom stereocenters. The third-order valence-corrected chi connectivity index (χ3v) is 5.65. The predicted octanol–water partition coefficient (Wildman–Crippen LogP) is -0.306. The van der Waals surface area contributed by atoms with Gasteiger partial charge in [-0.05, 0) is 0 Å². The fourth-order valence-corrected chi connectivity index (χ4v) is 4.19. The first-order valence-corrected chi connectivity index (χ1v) is 12.7. The van der Waals surface area contributed by atoms with E-state index < -0.39 is 18.3 Å². The lowest BCUT2D eigenvalue weighted by Gasteiger charge is -2.43. The highest BCUT2D eigenvalue weighted by Gasteiger charge is 2.31. The molecule has 1 fully saturated rings. The van der Waals surface area contributed by atoms with Gasteiger partial charge in [-0.1, -0.05) is 20.8 Å². The summed E-state index contributed by atoms with van der Waals surface area (Å²) in [4.78, 5) is 41.9. The first-order valence-electron chi connectivity index (χ1n) is 11.1. The maximum Gasteiger partial charge on any atom is 0.163 e. The minimum Gasteiger partial charge on any atom is -0.384 e. The van der Waals surface area contributed by atoms with E-state index in [9.17, 15) is 29.7 Å². The first-order chi connectivity index (χ1) is 15.3. The molecule has 3 N–H and O–H groups in total. The largest absolute Gasteiger partial charge is 0.384 e. The molecule has 33 heavy (non-hydrogen) atoms. The van der Waals surface area contributed by atoms with E-state index in [-0.39, 0.29) is 72.0 Å². The second-order valence-electron chi connectivity index (χ2n) is 9.09. The third-order valence-electron chi connectivity index (χ3n) is 5.10. The molecular formula is C21H39N3O6S3. The van der Waals surface area contributed by atoms with Gasteiger partial charge in [0.15, 0.2) is 17.3 Å². The van der Waals surface area contributed by atoms with E-state index in [2.05, 4.69) is 37.9 Å². The van der Waals surface area contributed by atoms with E-state index in [4.69, 9.17) is 0 Å². The number of Topliss-reactive ketones (excluding diaryl/α,β-unsaturated/α-hetero) is 3. The Kier molecular flexibility index (Phi) is 14.1. The van der Waals surface area contributed by atoms with Crippen molar-refractivity contribution in [1.29, 1.82) is 0 Å². The Balaban J connectivity index is 2.86. The molecule has 0 aromatic heterocycles. The Labute approximate surface area is 213 Å². The molecule has 9 nitrogen and oxygen atoms in total. The van der Waals surface area contributed by atoms with Crippen LogP contribution in [0.15, 0.2) is 0 Å². The average Bonchev–Trinajstić information content (AvgIpc) is 2.65. The Hall–Kier alpha value is -0.180. The summed E-state index contributed by atoms with van der Waals surface area (Å²) < 4.78 is 0. The highest BCUT2D eigenvalue weighted by atomic mass is 32.1. The van der Waals surface area contributed by atoms with Crippen molar-refractivity contribution in [1.82, 2.24) is 14.7 Å². The van der Waals surface area contributed by atoms with Crippen molar-refractivity contribution in [2.24, 2.45) is 0 Å². The fraction of sp³-hybridized carbons (Fsp3) is 0.857. The fourth-order valence-electron chi connectivity index (χ4n) is 3.65. The van der Waals surface area contributed by atoms with E-state index in [0.29, 0.717) is 20.0 Å². The van der Waals surface area contributed by atoms with Crippen molar-refractivity contribution in [2.45, 2.75) is 74.1 Å². The molecular weight excluding hydrogens is 486 g/mol. The van der Waals surface area contributed by atoms with Crippen LogP contribution in [0.25, 0.3) is 0 Å². The second-order valence-corrected chi connectivity index (χ2v) is 11.7. The summed E-state index contributed by atoms with van der Waals surface area (Å²) >= 11 is 12.6. The summed E-state index contributed by atoms with van der Waals surface area (Å²) in [6.07, 6.45) is -3.24. The van der Waals surface area contributed by atoms with Gasteiger partial charge in [-0.25, -0.2) is 0 Å². The normalized spacial score (nSPS) is 21.7. The van der Waals surface area contributed by atoms with Crippen molar-refractivity contribution in [2.75, 3.05) is 39.6 Å². The number of rotatable bonds is 15. The maximum absolute atomic E-state index is 12.2. The van der Waals surface area contributed by atoms with Crippen LogP contribution in [0.2, 0.25) is 0 Å². The molecule has 1 aliphatic heterocycles. The number of carbonyl (C=O) groups is 3. The highest BCUT2D eigenvalue weighted by Crippen LogP contribution is 2.14. The lowest BCUT2D eigenvalue weighted by molar-refractivity contribution is -0.135. The number of aliphatic hydroxyl groups excluding tert-OH is 3. The highest BCUT2D eigenvalue weighted by molar-refractivity contribution is 7.81. The Bertz CT molecular complexity index is 561. The van der Waals surface area contributed by atoms with Crippen molar-refractivity contribution in [3.63, 3.8) is 0 Å². The number of thiol groups is 3. The molecule has 0 spiro atoms. The van der Waals surface area contributed by atoms with Gasteiger partial charge in [-0.15, -0.1) is 0 Å². The van der Waals surface area contributed by atoms with Gasteiger partial charge in [0, 0.05) is 54.6 Å². The van der Waals surface area contributed by atoms with Gasteiger partial charge >= 0.3 is 0 Å². The van der Waals surface area contributed by atoms with E-state index in [1.54, 1.807) is 35.5 Å². The summed E-state index contributed by atoms with van der Waals surface area (Å²) in [5, 5.41) is 30.5. The van der Waals surface area contributed by atoms with Gasteiger partial charge in [0.25, 0.3) is 0 Å². The summed E-state index contributed by atoms with van der Waals surface area (Å²) in [6, 6.07) is 0. The van der Waals surface area contributed by atoms with Gasteiger partial charge < -0.3 is 15.3 Å². The van der Waals surface area contributed by atoms with Gasteiger partial charge in [-0.3, -0.25) is 29.1 Å². The van der Waals surface area contributed by atoms with E-state index in [1.165, 1.54) is 0 Å². The lowest BCUT2D eigenvalue weighted by atomic mass is 10.1. The standard InChI is InChI=1S/C21H39N3O6S3/c1-13(31)4-16(25)19(28)7-22-10-23(8-20(29)17(26)5-14(2)32)12-24(11-22)9-21(30)18(27)6-15(3)33/h13-15,19-21,28-33H,4-12H2,1-3H3. The van der Waals surface area contributed by atoms with Gasteiger partial charge in [-0.2, -0.15) is 37.9 Å². The molecule has 12 heteroatoms. The zero-order valence-electron chi connectivity index (χ0n) is 19.6. The quantitative estimate of drug-likeness (QED) is 0.160. The topological polar surface area (TPSA) is 122 Å². The maximum atomic E-state index is 12.2. The second kappa shape index (κ2) is 15.0. The summed E-state index contributed by atoms with van der Waals surface area (Å²) in [6.45, 7) is 6.34. The molecule has 6 unspecified atom stereocenters. The zero-order valence-corrected chi connectivity index (χ0v) is 22.3. The number of aliphatic hydroxyl groups is 3. The molecule has 1 saturated heterocycles. The number of carbonyl (C=O) groups excluding carboxylic acids is 3. The molecule has 0 amide bonds. The van der Waals surface area contributed by atoms with Gasteiger partial charge in [0.1, 0.15) is 18.3 Å². The van der Waals surface area contributed by atoms with Crippen LogP contribution >= 0.6 is 37.9 Å². The summed E-state index contributed by atoms with van der Waals surface area (Å²) in [5.74, 6) is -0.966. The monoisotopic (exact) mass is 525 g/mol. The van der Waals surface area contributed by atoms with Crippen LogP contribution < -0.4 is 0 Å². The van der Waals surface area contributed by atoms with E-state index >= 15 is 0 Å². The average molecular weight is 526 g/mol. The number of ketones is 3. The summed E-state index contributed by atoms with van der Waals surface area (Å²) in [5.41, 5.74) is 0. The Morgan fingerprint density at radius 2 is 0.818 bits per heavy atom. The van der Waals surface area contributed by atoms with Crippen LogP contribution in [0.4, 0.5) is 0 Å².